The van der Waals surface area contributed by atoms with Gasteiger partial charge in [-0.25, -0.2) is 4.68 Å². The number of nitrogens with two attached hydrogens (primary N) is 1. The Labute approximate surface area is 128 Å². The Bertz CT molecular complexity index is 623. The van der Waals surface area contributed by atoms with E-state index in [9.17, 15) is 4.79 Å². The average molecular weight is 305 g/mol. The molecule has 7 heteroatoms. The van der Waals surface area contributed by atoms with Crippen LogP contribution in [-0.4, -0.2) is 26.0 Å². The first-order valence-electron chi connectivity index (χ1n) is 6.74. The average Bonchev–Trinajstić information content (AvgIpc) is 2.80. The summed E-state index contributed by atoms with van der Waals surface area (Å²) < 4.78 is 1.38. The fourth-order valence-corrected chi connectivity index (χ4v) is 2.53. The minimum atomic E-state index is -0.318. The smallest absolute Gasteiger partial charge is 0.237 e. The fraction of sp³-hybridized carbons (Fsp3) is 0.357. The van der Waals surface area contributed by atoms with Gasteiger partial charge in [0.2, 0.25) is 11.1 Å². The summed E-state index contributed by atoms with van der Waals surface area (Å²) in [4.78, 5) is 12.2. The van der Waals surface area contributed by atoms with E-state index in [4.69, 9.17) is 5.84 Å². The van der Waals surface area contributed by atoms with E-state index in [2.05, 4.69) is 22.4 Å². The number of hydrogen-bond acceptors (Lipinski definition) is 5. The van der Waals surface area contributed by atoms with Crippen molar-refractivity contribution in [2.45, 2.75) is 37.6 Å². The minimum absolute atomic E-state index is 0.0927. The van der Waals surface area contributed by atoms with Crippen LogP contribution >= 0.6 is 11.8 Å². The van der Waals surface area contributed by atoms with E-state index in [1.165, 1.54) is 22.0 Å². The highest BCUT2D eigenvalue weighted by Gasteiger charge is 2.18. The molecule has 1 aromatic heterocycles. The Kier molecular flexibility index (Phi) is 4.85. The number of nitrogens with one attached hydrogen (secondary N) is 1. The Morgan fingerprint density at radius 2 is 2.05 bits per heavy atom. The minimum Gasteiger partial charge on any atom is -0.336 e. The summed E-state index contributed by atoms with van der Waals surface area (Å²) in [5.74, 6) is 6.29. The van der Waals surface area contributed by atoms with Crippen molar-refractivity contribution in [3.8, 4) is 0 Å². The van der Waals surface area contributed by atoms with E-state index < -0.39 is 0 Å². The number of benzene rings is 1. The number of hydrogen-bond donors (Lipinski definition) is 2. The molecule has 0 unspecified atom stereocenters. The molecule has 2 aromatic rings. The molecule has 1 amide bonds. The third-order valence-electron chi connectivity index (χ3n) is 3.12. The van der Waals surface area contributed by atoms with Gasteiger partial charge in [-0.2, -0.15) is 0 Å². The van der Waals surface area contributed by atoms with Crippen LogP contribution in [0.1, 0.15) is 25.2 Å². The molecule has 6 nitrogen and oxygen atoms in total. The summed E-state index contributed by atoms with van der Waals surface area (Å²) in [6.07, 6.45) is 0.978. The zero-order chi connectivity index (χ0) is 15.4. The van der Waals surface area contributed by atoms with Gasteiger partial charge < -0.3 is 11.2 Å². The third kappa shape index (κ3) is 3.75. The zero-order valence-corrected chi connectivity index (χ0v) is 13.1. The summed E-state index contributed by atoms with van der Waals surface area (Å²) >= 11 is 1.28. The van der Waals surface area contributed by atoms with Crippen LogP contribution in [0.5, 0.6) is 0 Å². The molecule has 21 heavy (non-hydrogen) atoms. The van der Waals surface area contributed by atoms with Crippen molar-refractivity contribution < 1.29 is 4.79 Å². The van der Waals surface area contributed by atoms with E-state index >= 15 is 0 Å². The predicted molar refractivity (Wildman–Crippen MR) is 84.7 cm³/mol. The molecule has 1 atom stereocenters. The van der Waals surface area contributed by atoms with Crippen molar-refractivity contribution in [1.82, 2.24) is 14.9 Å². The number of nitrogen functional groups attached to an aromatic ring is 1. The molecule has 2 rings (SSSR count). The molecular weight excluding hydrogens is 286 g/mol. The maximum Gasteiger partial charge on any atom is 0.237 e. The standard InChI is InChI=1S/C14H19N5OS/c1-4-11-5-7-12(8-6-11)16-13(20)9(2)21-14-18-17-10(3)19(14)15/h5-9H,4,15H2,1-3H3,(H,16,20)/t9-/m0/s1. The second kappa shape index (κ2) is 6.62. The second-order valence-electron chi connectivity index (χ2n) is 4.70. The van der Waals surface area contributed by atoms with Crippen LogP contribution in [0.15, 0.2) is 29.4 Å². The van der Waals surface area contributed by atoms with E-state index in [1.807, 2.05) is 31.2 Å². The van der Waals surface area contributed by atoms with Crippen molar-refractivity contribution in [2.75, 3.05) is 11.2 Å². The molecule has 1 aromatic carbocycles. The molecular formula is C14H19N5OS. The summed E-state index contributed by atoms with van der Waals surface area (Å²) in [6, 6.07) is 7.83. The summed E-state index contributed by atoms with van der Waals surface area (Å²) in [6.45, 7) is 5.67. The molecule has 0 aliphatic carbocycles. The first-order chi connectivity index (χ1) is 10.0. The van der Waals surface area contributed by atoms with Crippen LogP contribution in [0.2, 0.25) is 0 Å². The van der Waals surface area contributed by atoms with Gasteiger partial charge in [-0.15, -0.1) is 10.2 Å². The monoisotopic (exact) mass is 305 g/mol. The highest BCUT2D eigenvalue weighted by atomic mass is 32.2. The Morgan fingerprint density at radius 3 is 2.57 bits per heavy atom. The first-order valence-corrected chi connectivity index (χ1v) is 7.62. The van der Waals surface area contributed by atoms with E-state index in [-0.39, 0.29) is 11.2 Å². The molecule has 0 aliphatic rings. The molecule has 0 spiro atoms. The topological polar surface area (TPSA) is 85.8 Å². The maximum absolute atomic E-state index is 12.2. The van der Waals surface area contributed by atoms with Gasteiger partial charge in [0.1, 0.15) is 5.82 Å². The van der Waals surface area contributed by atoms with Gasteiger partial charge in [0, 0.05) is 5.69 Å². The second-order valence-corrected chi connectivity index (χ2v) is 6.01. The number of nitrogens with zero attached hydrogens (tertiary/aromatic N) is 3. The number of thioether (sulfide) groups is 1. The van der Waals surface area contributed by atoms with Crippen molar-refractivity contribution >= 4 is 23.4 Å². The van der Waals surface area contributed by atoms with Gasteiger partial charge in [0.25, 0.3) is 0 Å². The lowest BCUT2D eigenvalue weighted by Crippen LogP contribution is -2.23. The maximum atomic E-state index is 12.2. The van der Waals surface area contributed by atoms with E-state index in [0.29, 0.717) is 11.0 Å². The summed E-state index contributed by atoms with van der Waals surface area (Å²) in [7, 11) is 0. The van der Waals surface area contributed by atoms with E-state index in [1.54, 1.807) is 6.92 Å². The van der Waals surface area contributed by atoms with Gasteiger partial charge >= 0.3 is 0 Å². The SMILES string of the molecule is CCc1ccc(NC(=O)[C@H](C)Sc2nnc(C)n2N)cc1. The molecule has 112 valence electrons. The van der Waals surface area contributed by atoms with Crippen LogP contribution in [0.4, 0.5) is 5.69 Å². The zero-order valence-electron chi connectivity index (χ0n) is 12.3. The van der Waals surface area contributed by atoms with Crippen LogP contribution in [-0.2, 0) is 11.2 Å². The predicted octanol–water partition coefficient (Wildman–Crippen LogP) is 1.98. The lowest BCUT2D eigenvalue weighted by atomic mass is 10.1. The first kappa shape index (κ1) is 15.4. The van der Waals surface area contributed by atoms with Crippen LogP contribution in [0.3, 0.4) is 0 Å². The highest BCUT2D eigenvalue weighted by Crippen LogP contribution is 2.22. The quantitative estimate of drug-likeness (QED) is 0.651. The number of aryl methyl sites for hydroxylation is 2. The van der Waals surface area contributed by atoms with Crippen LogP contribution in [0.25, 0.3) is 0 Å². The molecule has 0 radical (unpaired) electrons. The molecule has 0 aliphatic heterocycles. The fourth-order valence-electron chi connectivity index (χ4n) is 1.71. The van der Waals surface area contributed by atoms with Crippen LogP contribution in [0, 0.1) is 6.92 Å². The van der Waals surface area contributed by atoms with Crippen molar-refractivity contribution in [3.05, 3.63) is 35.7 Å². The number of carbonyl (C=O) groups excluding carboxylic acids is 1. The van der Waals surface area contributed by atoms with Crippen LogP contribution < -0.4 is 11.2 Å². The number of anilines is 1. The molecule has 0 fully saturated rings. The van der Waals surface area contributed by atoms with Crippen molar-refractivity contribution in [1.29, 1.82) is 0 Å². The lowest BCUT2D eigenvalue weighted by Gasteiger charge is -2.11. The molecule has 0 bridgehead atoms. The highest BCUT2D eigenvalue weighted by molar-refractivity contribution is 8.00. The summed E-state index contributed by atoms with van der Waals surface area (Å²) in [5, 5.41) is 10.9. The molecule has 0 saturated carbocycles. The normalized spacial score (nSPS) is 12.1. The molecule has 0 saturated heterocycles. The third-order valence-corrected chi connectivity index (χ3v) is 4.17. The number of carbonyl (C=O) groups is 1. The molecule has 3 N–H and O–H groups in total. The van der Waals surface area contributed by atoms with Gasteiger partial charge in [-0.1, -0.05) is 30.8 Å². The van der Waals surface area contributed by atoms with Gasteiger partial charge in [0.15, 0.2) is 0 Å². The Balaban J connectivity index is 1.97. The molecule has 1 heterocycles. The lowest BCUT2D eigenvalue weighted by molar-refractivity contribution is -0.115. The van der Waals surface area contributed by atoms with Crippen molar-refractivity contribution in [2.24, 2.45) is 0 Å². The van der Waals surface area contributed by atoms with Crippen molar-refractivity contribution in [3.63, 3.8) is 0 Å². The number of amides is 1. The van der Waals surface area contributed by atoms with Gasteiger partial charge in [-0.3, -0.25) is 4.79 Å². The number of rotatable bonds is 5. The Morgan fingerprint density at radius 1 is 1.38 bits per heavy atom. The van der Waals surface area contributed by atoms with Gasteiger partial charge in [-0.05, 0) is 38.0 Å². The Hall–Kier alpha value is -2.02. The largest absolute Gasteiger partial charge is 0.336 e. The van der Waals surface area contributed by atoms with E-state index in [0.717, 1.165) is 12.1 Å². The summed E-state index contributed by atoms with van der Waals surface area (Å²) in [5.41, 5.74) is 2.03. The number of aromatic nitrogens is 3. The van der Waals surface area contributed by atoms with Gasteiger partial charge in [0.05, 0.1) is 5.25 Å².